The zero-order valence-electron chi connectivity index (χ0n) is 10.7. The standard InChI is InChI=1S/C13H27NO2/c1-11(2)10-16-8-7-14-13-6-4-3-5-12(13)9-15/h11-15H,3-10H2,1-2H3. The van der Waals surface area contributed by atoms with E-state index in [1.165, 1.54) is 25.7 Å². The first kappa shape index (κ1) is 13.9. The Morgan fingerprint density at radius 1 is 1.31 bits per heavy atom. The molecule has 0 aromatic carbocycles. The van der Waals surface area contributed by atoms with Crippen molar-refractivity contribution in [2.75, 3.05) is 26.4 Å². The number of ether oxygens (including phenoxy) is 1. The van der Waals surface area contributed by atoms with Crippen LogP contribution in [0.5, 0.6) is 0 Å². The second kappa shape index (κ2) is 8.04. The Morgan fingerprint density at radius 2 is 2.06 bits per heavy atom. The maximum atomic E-state index is 9.27. The van der Waals surface area contributed by atoms with Crippen LogP contribution in [0.4, 0.5) is 0 Å². The minimum absolute atomic E-state index is 0.324. The van der Waals surface area contributed by atoms with Gasteiger partial charge in [-0.1, -0.05) is 26.7 Å². The maximum Gasteiger partial charge on any atom is 0.0591 e. The van der Waals surface area contributed by atoms with Crippen LogP contribution in [-0.2, 0) is 4.74 Å². The van der Waals surface area contributed by atoms with E-state index in [0.29, 0.717) is 24.5 Å². The van der Waals surface area contributed by atoms with Gasteiger partial charge in [0.05, 0.1) is 6.61 Å². The van der Waals surface area contributed by atoms with Crippen LogP contribution in [0.1, 0.15) is 39.5 Å². The molecule has 0 radical (unpaired) electrons. The molecule has 1 fully saturated rings. The minimum atomic E-state index is 0.324. The molecule has 0 aromatic rings. The molecule has 2 unspecified atom stereocenters. The Morgan fingerprint density at radius 3 is 2.75 bits per heavy atom. The molecular formula is C13H27NO2. The van der Waals surface area contributed by atoms with E-state index >= 15 is 0 Å². The highest BCUT2D eigenvalue weighted by Gasteiger charge is 2.23. The number of hydrogen-bond donors (Lipinski definition) is 2. The van der Waals surface area contributed by atoms with Crippen LogP contribution in [0.25, 0.3) is 0 Å². The molecule has 3 nitrogen and oxygen atoms in total. The molecule has 1 saturated carbocycles. The van der Waals surface area contributed by atoms with E-state index in [0.717, 1.165) is 19.8 Å². The van der Waals surface area contributed by atoms with Gasteiger partial charge in [-0.3, -0.25) is 0 Å². The van der Waals surface area contributed by atoms with Gasteiger partial charge in [0.25, 0.3) is 0 Å². The summed E-state index contributed by atoms with van der Waals surface area (Å²) in [5.41, 5.74) is 0. The lowest BCUT2D eigenvalue weighted by Gasteiger charge is -2.31. The van der Waals surface area contributed by atoms with Crippen LogP contribution < -0.4 is 5.32 Å². The van der Waals surface area contributed by atoms with Crippen LogP contribution in [0, 0.1) is 11.8 Å². The summed E-state index contributed by atoms with van der Waals surface area (Å²) in [5.74, 6) is 1.07. The minimum Gasteiger partial charge on any atom is -0.396 e. The van der Waals surface area contributed by atoms with Gasteiger partial charge in [-0.25, -0.2) is 0 Å². The molecule has 0 aromatic heterocycles. The number of hydrogen-bond acceptors (Lipinski definition) is 3. The van der Waals surface area contributed by atoms with Gasteiger partial charge in [-0.05, 0) is 24.7 Å². The summed E-state index contributed by atoms with van der Waals surface area (Å²) < 4.78 is 5.53. The summed E-state index contributed by atoms with van der Waals surface area (Å²) in [7, 11) is 0. The first-order valence-electron chi connectivity index (χ1n) is 6.66. The average molecular weight is 229 g/mol. The lowest BCUT2D eigenvalue weighted by atomic mass is 9.85. The van der Waals surface area contributed by atoms with Gasteiger partial charge in [0.1, 0.15) is 0 Å². The molecule has 0 amide bonds. The van der Waals surface area contributed by atoms with Gasteiger partial charge in [-0.2, -0.15) is 0 Å². The van der Waals surface area contributed by atoms with Gasteiger partial charge in [0.15, 0.2) is 0 Å². The zero-order valence-corrected chi connectivity index (χ0v) is 10.7. The van der Waals surface area contributed by atoms with Crippen molar-refractivity contribution >= 4 is 0 Å². The highest BCUT2D eigenvalue weighted by molar-refractivity contribution is 4.80. The Hall–Kier alpha value is -0.120. The lowest BCUT2D eigenvalue weighted by molar-refractivity contribution is 0.100. The van der Waals surface area contributed by atoms with Gasteiger partial charge in [0.2, 0.25) is 0 Å². The van der Waals surface area contributed by atoms with Gasteiger partial charge in [-0.15, -0.1) is 0 Å². The summed E-state index contributed by atoms with van der Waals surface area (Å²) >= 11 is 0. The third-order valence-corrected chi connectivity index (χ3v) is 3.25. The summed E-state index contributed by atoms with van der Waals surface area (Å²) in [6.45, 7) is 7.19. The second-order valence-electron chi connectivity index (χ2n) is 5.26. The van der Waals surface area contributed by atoms with Crippen molar-refractivity contribution in [3.8, 4) is 0 Å². The maximum absolute atomic E-state index is 9.27. The first-order chi connectivity index (χ1) is 7.74. The Labute approximate surface area is 99.6 Å². The van der Waals surface area contributed by atoms with E-state index in [1.54, 1.807) is 0 Å². The van der Waals surface area contributed by atoms with E-state index in [4.69, 9.17) is 4.74 Å². The quantitative estimate of drug-likeness (QED) is 0.654. The molecule has 2 atom stereocenters. The summed E-state index contributed by atoms with van der Waals surface area (Å²) in [5, 5.41) is 12.8. The number of nitrogens with one attached hydrogen (secondary N) is 1. The normalized spacial score (nSPS) is 26.2. The fourth-order valence-corrected chi connectivity index (χ4v) is 2.33. The van der Waals surface area contributed by atoms with Crippen LogP contribution in [0.2, 0.25) is 0 Å². The van der Waals surface area contributed by atoms with Crippen molar-refractivity contribution in [2.24, 2.45) is 11.8 Å². The lowest BCUT2D eigenvalue weighted by Crippen LogP contribution is -2.41. The molecule has 0 heterocycles. The highest BCUT2D eigenvalue weighted by atomic mass is 16.5. The monoisotopic (exact) mass is 229 g/mol. The van der Waals surface area contributed by atoms with Crippen molar-refractivity contribution < 1.29 is 9.84 Å². The molecular weight excluding hydrogens is 202 g/mol. The van der Waals surface area contributed by atoms with Crippen molar-refractivity contribution in [3.63, 3.8) is 0 Å². The van der Waals surface area contributed by atoms with E-state index in [-0.39, 0.29) is 0 Å². The molecule has 96 valence electrons. The molecule has 0 aliphatic heterocycles. The fraction of sp³-hybridized carbons (Fsp3) is 1.00. The molecule has 1 aliphatic carbocycles. The SMILES string of the molecule is CC(C)COCCNC1CCCCC1CO. The summed E-state index contributed by atoms with van der Waals surface area (Å²) in [4.78, 5) is 0. The zero-order chi connectivity index (χ0) is 11.8. The number of aliphatic hydroxyl groups excluding tert-OH is 1. The molecule has 16 heavy (non-hydrogen) atoms. The van der Waals surface area contributed by atoms with E-state index < -0.39 is 0 Å². The van der Waals surface area contributed by atoms with Crippen molar-refractivity contribution in [1.29, 1.82) is 0 Å². The first-order valence-corrected chi connectivity index (χ1v) is 6.66. The van der Waals surface area contributed by atoms with Crippen molar-refractivity contribution in [1.82, 2.24) is 5.32 Å². The molecule has 0 spiro atoms. The molecule has 3 heteroatoms. The Balaban J connectivity index is 2.06. The van der Waals surface area contributed by atoms with Crippen LogP contribution >= 0.6 is 0 Å². The largest absolute Gasteiger partial charge is 0.396 e. The summed E-state index contributed by atoms with van der Waals surface area (Å²) in [6, 6.07) is 0.501. The smallest absolute Gasteiger partial charge is 0.0591 e. The third-order valence-electron chi connectivity index (χ3n) is 3.25. The number of rotatable bonds is 7. The van der Waals surface area contributed by atoms with E-state index in [1.807, 2.05) is 0 Å². The van der Waals surface area contributed by atoms with Gasteiger partial charge in [0, 0.05) is 25.8 Å². The third kappa shape index (κ3) is 5.28. The van der Waals surface area contributed by atoms with E-state index in [9.17, 15) is 5.11 Å². The van der Waals surface area contributed by atoms with Gasteiger partial charge >= 0.3 is 0 Å². The van der Waals surface area contributed by atoms with Crippen LogP contribution in [0.15, 0.2) is 0 Å². The predicted octanol–water partition coefficient (Wildman–Crippen LogP) is 1.80. The summed E-state index contributed by atoms with van der Waals surface area (Å²) in [6.07, 6.45) is 4.94. The highest BCUT2D eigenvalue weighted by Crippen LogP contribution is 2.23. The van der Waals surface area contributed by atoms with Gasteiger partial charge < -0.3 is 15.2 Å². The topological polar surface area (TPSA) is 41.5 Å². The molecule has 1 aliphatic rings. The van der Waals surface area contributed by atoms with Crippen LogP contribution in [0.3, 0.4) is 0 Å². The number of aliphatic hydroxyl groups is 1. The molecule has 0 bridgehead atoms. The van der Waals surface area contributed by atoms with Crippen molar-refractivity contribution in [3.05, 3.63) is 0 Å². The Bertz CT molecular complexity index is 173. The molecule has 1 rings (SSSR count). The average Bonchev–Trinajstić information content (AvgIpc) is 2.29. The second-order valence-corrected chi connectivity index (χ2v) is 5.26. The Kier molecular flexibility index (Phi) is 7.01. The van der Waals surface area contributed by atoms with Crippen molar-refractivity contribution in [2.45, 2.75) is 45.6 Å². The molecule has 0 saturated heterocycles. The van der Waals surface area contributed by atoms with E-state index in [2.05, 4.69) is 19.2 Å². The fourth-order valence-electron chi connectivity index (χ4n) is 2.33. The van der Waals surface area contributed by atoms with Crippen LogP contribution in [-0.4, -0.2) is 37.5 Å². The molecule has 2 N–H and O–H groups in total. The predicted molar refractivity (Wildman–Crippen MR) is 66.5 cm³/mol.